The summed E-state index contributed by atoms with van der Waals surface area (Å²) < 4.78 is 0. The van der Waals surface area contributed by atoms with Crippen molar-refractivity contribution in [2.45, 2.75) is 278 Å². The second kappa shape index (κ2) is 44.1. The lowest BCUT2D eigenvalue weighted by atomic mass is 9.82. The van der Waals surface area contributed by atoms with E-state index in [1.165, 1.54) is 88.9 Å². The largest absolute Gasteiger partial charge is 0.386 e. The lowest BCUT2D eigenvalue weighted by Crippen LogP contribution is -2.19. The van der Waals surface area contributed by atoms with Gasteiger partial charge in [-0.2, -0.15) is 0 Å². The average molecular weight is 1050 g/mol. The van der Waals surface area contributed by atoms with Gasteiger partial charge in [0.2, 0.25) is 0 Å². The molecule has 6 bridgehead atoms. The quantitative estimate of drug-likeness (QED) is 0.276. The third-order valence-corrected chi connectivity index (χ3v) is 17.0. The van der Waals surface area contributed by atoms with Crippen LogP contribution in [-0.2, 0) is 0 Å². The topological polar surface area (TPSA) is 40.5 Å². The second-order valence-electron chi connectivity index (χ2n) is 23.2. The van der Waals surface area contributed by atoms with E-state index in [2.05, 4.69) is 108 Å². The van der Waals surface area contributed by atoms with Crippen molar-refractivity contribution in [2.24, 2.45) is 71.0 Å². The van der Waals surface area contributed by atoms with Gasteiger partial charge in [0.15, 0.2) is 0 Å². The van der Waals surface area contributed by atoms with E-state index in [0.29, 0.717) is 0 Å². The third-order valence-electron chi connectivity index (χ3n) is 17.0. The molecule has 0 aromatic heterocycles. The Morgan fingerprint density at radius 1 is 0.658 bits per heavy atom. The van der Waals surface area contributed by atoms with Gasteiger partial charge in [0.1, 0.15) is 0 Å². The molecule has 12 rings (SSSR count). The summed E-state index contributed by atoms with van der Waals surface area (Å²) in [6.45, 7) is 47.0. The van der Waals surface area contributed by atoms with Gasteiger partial charge in [-0.25, -0.2) is 0 Å². The van der Waals surface area contributed by atoms with Crippen LogP contribution in [-0.4, -0.2) is 21.4 Å². The molecular formula is C74H132O2. The van der Waals surface area contributed by atoms with Gasteiger partial charge in [-0.3, -0.25) is 0 Å². The molecule has 7 saturated carbocycles. The molecule has 0 aliphatic heterocycles. The van der Waals surface area contributed by atoms with Crippen molar-refractivity contribution >= 4 is 0 Å². The highest BCUT2D eigenvalue weighted by Gasteiger charge is 2.50. The van der Waals surface area contributed by atoms with Crippen LogP contribution in [0.15, 0.2) is 121 Å². The first-order valence-corrected chi connectivity index (χ1v) is 32.6. The van der Waals surface area contributed by atoms with E-state index in [1.807, 2.05) is 116 Å². The SMILES string of the molecule is C1=CC2C3C=CC(C3)C2C1.C1CC2C3CCC(C3)C2C1.C1CC2C3CCC(C3)C2C1.C=C(C)C.C=CC(C)(O)CCC=C(C)C.CC.CC.CC.CC.CC.CC.CC1(O)C=CCC1.CC1=CC=CC1.CC1=CCC=C1. The number of fused-ring (bicyclic) bond motifs is 15. The van der Waals surface area contributed by atoms with Crippen LogP contribution in [0.1, 0.15) is 267 Å². The highest BCUT2D eigenvalue weighted by atomic mass is 16.3. The summed E-state index contributed by atoms with van der Waals surface area (Å²) in [5.74, 6) is 13.4. The summed E-state index contributed by atoms with van der Waals surface area (Å²) >= 11 is 0. The fourth-order valence-corrected chi connectivity index (χ4v) is 13.7. The van der Waals surface area contributed by atoms with Crippen LogP contribution in [0.5, 0.6) is 0 Å². The smallest absolute Gasteiger partial charge is 0.0802 e. The van der Waals surface area contributed by atoms with Crippen molar-refractivity contribution in [1.29, 1.82) is 0 Å². The molecule has 14 atom stereocenters. The molecule has 0 aromatic carbocycles. The maximum atomic E-state index is 9.49. The Hall–Kier alpha value is -2.68. The van der Waals surface area contributed by atoms with Crippen LogP contribution in [0, 0.1) is 71.0 Å². The van der Waals surface area contributed by atoms with Crippen LogP contribution in [0.25, 0.3) is 0 Å². The highest BCUT2D eigenvalue weighted by molar-refractivity contribution is 5.23. The predicted octanol–water partition coefficient (Wildman–Crippen LogP) is 23.3. The molecule has 7 fully saturated rings. The molecule has 2 N–H and O–H groups in total. The van der Waals surface area contributed by atoms with Gasteiger partial charge in [-0.05, 0) is 242 Å². The van der Waals surface area contributed by atoms with Crippen molar-refractivity contribution in [3.05, 3.63) is 121 Å². The van der Waals surface area contributed by atoms with Gasteiger partial charge in [-0.1, -0.05) is 203 Å². The standard InChI is InChI=1S/C10H18O.2C10H16.C10H12.C6H10O.2C6H8.C4H8.6C2H6/c1-5-10(4,11)8-6-7-9(2)3;3*1-2-9-7-4-5-8(6-7)10(9)3-1;1-6(7)4-2-3-5-6;2*1-6-4-2-3-5-6;1-4(2)3;6*1-2/h5,7,11H,1,6,8H2,2-4H3;2*7-10H,1-6H2;1-2,4-5,7-10H,3,6H2;2,4,7H,3,5H2,1H3;2,4-5H,3H2,1H3;2-4H,5H2,1H3;1H2,2-3H3;6*1-2H3. The van der Waals surface area contributed by atoms with Crippen LogP contribution in [0.4, 0.5) is 0 Å². The summed E-state index contributed by atoms with van der Waals surface area (Å²) in [7, 11) is 0. The summed E-state index contributed by atoms with van der Waals surface area (Å²) in [5.41, 5.74) is 4.14. The normalized spacial score (nSPS) is 31.9. The molecule has 2 heteroatoms. The Morgan fingerprint density at radius 3 is 1.42 bits per heavy atom. The van der Waals surface area contributed by atoms with Crippen LogP contribution in [0.3, 0.4) is 0 Å². The Kier molecular flexibility index (Phi) is 43.8. The lowest BCUT2D eigenvalue weighted by Gasteiger charge is -2.23. The molecule has 12 aliphatic carbocycles. The Bertz CT molecular complexity index is 1640. The van der Waals surface area contributed by atoms with E-state index in [9.17, 15) is 5.11 Å². The molecule has 2 nitrogen and oxygen atoms in total. The molecule has 0 aromatic rings. The zero-order valence-electron chi connectivity index (χ0n) is 54.5. The van der Waals surface area contributed by atoms with E-state index >= 15 is 0 Å². The van der Waals surface area contributed by atoms with E-state index < -0.39 is 11.2 Å². The van der Waals surface area contributed by atoms with Crippen molar-refractivity contribution in [2.75, 3.05) is 0 Å². The third kappa shape index (κ3) is 28.5. The molecule has 0 spiro atoms. The Labute approximate surface area is 477 Å². The summed E-state index contributed by atoms with van der Waals surface area (Å²) in [4.78, 5) is 0. The molecule has 12 aliphatic rings. The molecular weight excluding hydrogens is 921 g/mol. The molecule has 14 unspecified atom stereocenters. The minimum Gasteiger partial charge on any atom is -0.386 e. The first-order chi connectivity index (χ1) is 36.6. The van der Waals surface area contributed by atoms with Crippen molar-refractivity contribution in [3.63, 3.8) is 0 Å². The maximum absolute atomic E-state index is 9.49. The van der Waals surface area contributed by atoms with E-state index in [-0.39, 0.29) is 0 Å². The van der Waals surface area contributed by atoms with Crippen molar-refractivity contribution < 1.29 is 10.2 Å². The van der Waals surface area contributed by atoms with Crippen molar-refractivity contribution in [1.82, 2.24) is 0 Å². The fraction of sp³-hybridized carbons (Fsp3) is 0.730. The highest BCUT2D eigenvalue weighted by Crippen LogP contribution is 2.59. The van der Waals surface area contributed by atoms with Gasteiger partial charge in [0.25, 0.3) is 0 Å². The molecule has 0 heterocycles. The summed E-state index contributed by atoms with van der Waals surface area (Å²) in [6.07, 6.45) is 58.0. The molecule has 0 saturated heterocycles. The van der Waals surface area contributed by atoms with Crippen LogP contribution in [0.2, 0.25) is 0 Å². The van der Waals surface area contributed by atoms with Gasteiger partial charge >= 0.3 is 0 Å². The summed E-state index contributed by atoms with van der Waals surface area (Å²) in [5, 5.41) is 18.6. The van der Waals surface area contributed by atoms with Crippen LogP contribution >= 0.6 is 0 Å². The van der Waals surface area contributed by atoms with E-state index in [4.69, 9.17) is 5.11 Å². The number of rotatable bonds is 4. The minimum atomic E-state index is -0.702. The first-order valence-electron chi connectivity index (χ1n) is 32.6. The van der Waals surface area contributed by atoms with Gasteiger partial charge in [-0.15, -0.1) is 13.2 Å². The molecule has 0 radical (unpaired) electrons. The minimum absolute atomic E-state index is 0.486. The summed E-state index contributed by atoms with van der Waals surface area (Å²) in [6, 6.07) is 0. The Balaban J connectivity index is 0. The van der Waals surface area contributed by atoms with Gasteiger partial charge in [0.05, 0.1) is 11.2 Å². The van der Waals surface area contributed by atoms with Crippen molar-refractivity contribution in [3.8, 4) is 0 Å². The zero-order valence-corrected chi connectivity index (χ0v) is 54.5. The van der Waals surface area contributed by atoms with Crippen LogP contribution < -0.4 is 0 Å². The zero-order chi connectivity index (χ0) is 58.3. The number of hydrogen-bond acceptors (Lipinski definition) is 2. The monoisotopic (exact) mass is 1050 g/mol. The average Bonchev–Trinajstić information content (AvgIpc) is 4.26. The number of aliphatic hydroxyl groups is 2. The lowest BCUT2D eigenvalue weighted by molar-refractivity contribution is 0.103. The molecule has 76 heavy (non-hydrogen) atoms. The second-order valence-corrected chi connectivity index (χ2v) is 23.2. The molecule has 440 valence electrons. The van der Waals surface area contributed by atoms with Gasteiger partial charge in [0, 0.05) is 0 Å². The van der Waals surface area contributed by atoms with Gasteiger partial charge < -0.3 is 10.2 Å². The van der Waals surface area contributed by atoms with E-state index in [0.717, 1.165) is 55.8 Å². The predicted molar refractivity (Wildman–Crippen MR) is 347 cm³/mol. The number of allylic oxidation sites excluding steroid dienone is 16. The fourth-order valence-electron chi connectivity index (χ4n) is 13.7. The maximum Gasteiger partial charge on any atom is 0.0802 e. The Morgan fingerprint density at radius 2 is 1.13 bits per heavy atom. The van der Waals surface area contributed by atoms with E-state index in [1.54, 1.807) is 90.0 Å². The molecule has 0 amide bonds. The first kappa shape index (κ1) is 75.4. The number of hydrogen-bond donors (Lipinski definition) is 2.